The number of hydrogen-bond donors (Lipinski definition) is 2. The molecule has 2 N–H and O–H groups in total. The number of methoxy groups -OCH3 is 1. The summed E-state index contributed by atoms with van der Waals surface area (Å²) in [6.45, 7) is 9.80. The van der Waals surface area contributed by atoms with Crippen molar-refractivity contribution in [3.05, 3.63) is 29.3 Å². The number of nitrogens with zero attached hydrogens (tertiary/aromatic N) is 1. The molecular weight excluding hydrogens is 342 g/mol. The summed E-state index contributed by atoms with van der Waals surface area (Å²) in [5, 5.41) is 6.67. The number of ether oxygens (including phenoxy) is 3. The van der Waals surface area contributed by atoms with Crippen molar-refractivity contribution in [3.8, 4) is 5.75 Å². The molecule has 0 spiro atoms. The Morgan fingerprint density at radius 1 is 1.26 bits per heavy atom. The van der Waals surface area contributed by atoms with Crippen molar-refractivity contribution in [2.75, 3.05) is 46.6 Å². The van der Waals surface area contributed by atoms with Crippen molar-refractivity contribution in [2.45, 2.75) is 39.7 Å². The second kappa shape index (κ2) is 12.6. The molecule has 1 aromatic carbocycles. The van der Waals surface area contributed by atoms with Gasteiger partial charge in [-0.1, -0.05) is 12.1 Å². The van der Waals surface area contributed by atoms with Crippen LogP contribution in [0.25, 0.3) is 0 Å². The molecule has 0 aromatic heterocycles. The van der Waals surface area contributed by atoms with Crippen LogP contribution in [0.3, 0.4) is 0 Å². The molecule has 0 radical (unpaired) electrons. The van der Waals surface area contributed by atoms with E-state index in [1.54, 1.807) is 7.11 Å². The third-order valence-electron chi connectivity index (χ3n) is 4.69. The first-order valence-electron chi connectivity index (χ1n) is 10.0. The fraction of sp³-hybridized carbons (Fsp3) is 0.667. The fourth-order valence-corrected chi connectivity index (χ4v) is 3.02. The lowest BCUT2D eigenvalue weighted by molar-refractivity contribution is 0.0203. The summed E-state index contributed by atoms with van der Waals surface area (Å²) >= 11 is 0. The van der Waals surface area contributed by atoms with Crippen LogP contribution in [0, 0.1) is 12.8 Å². The van der Waals surface area contributed by atoms with E-state index in [4.69, 9.17) is 14.2 Å². The lowest BCUT2D eigenvalue weighted by Crippen LogP contribution is -2.38. The Labute approximate surface area is 163 Å². The van der Waals surface area contributed by atoms with Crippen molar-refractivity contribution in [1.82, 2.24) is 10.6 Å². The lowest BCUT2D eigenvalue weighted by Gasteiger charge is -2.21. The average Bonchev–Trinajstić information content (AvgIpc) is 2.70. The van der Waals surface area contributed by atoms with E-state index >= 15 is 0 Å². The van der Waals surface area contributed by atoms with Gasteiger partial charge in [0.05, 0.1) is 13.7 Å². The molecule has 0 amide bonds. The number of nitrogens with one attached hydrogen (secondary N) is 2. The highest BCUT2D eigenvalue weighted by Crippen LogP contribution is 2.19. The summed E-state index contributed by atoms with van der Waals surface area (Å²) in [6, 6.07) is 6.21. The van der Waals surface area contributed by atoms with Gasteiger partial charge in [-0.2, -0.15) is 0 Å². The van der Waals surface area contributed by atoms with E-state index < -0.39 is 0 Å². The molecule has 0 aliphatic carbocycles. The van der Waals surface area contributed by atoms with Gasteiger partial charge >= 0.3 is 0 Å². The summed E-state index contributed by atoms with van der Waals surface area (Å²) in [6.07, 6.45) is 3.21. The second-order valence-corrected chi connectivity index (χ2v) is 6.91. The van der Waals surface area contributed by atoms with Crippen molar-refractivity contribution in [2.24, 2.45) is 10.9 Å². The van der Waals surface area contributed by atoms with Crippen LogP contribution in [-0.4, -0.2) is 52.6 Å². The van der Waals surface area contributed by atoms with Crippen molar-refractivity contribution in [1.29, 1.82) is 0 Å². The zero-order chi connectivity index (χ0) is 19.3. The third-order valence-corrected chi connectivity index (χ3v) is 4.69. The molecule has 1 aliphatic rings. The van der Waals surface area contributed by atoms with Crippen molar-refractivity contribution < 1.29 is 14.2 Å². The van der Waals surface area contributed by atoms with Gasteiger partial charge in [0.1, 0.15) is 5.75 Å². The Morgan fingerprint density at radius 3 is 2.81 bits per heavy atom. The highest BCUT2D eigenvalue weighted by atomic mass is 16.5. The standard InChI is InChI=1S/C21H35N3O3/c1-4-22-21(24-15-19-7-6-17(2)20(14-19)25-3)23-10-5-11-27-16-18-8-12-26-13-9-18/h6-7,14,18H,4-5,8-13,15-16H2,1-3H3,(H2,22,23,24). The normalized spacial score (nSPS) is 15.6. The molecular formula is C21H35N3O3. The zero-order valence-electron chi connectivity index (χ0n) is 17.1. The molecule has 2 rings (SSSR count). The van der Waals surface area contributed by atoms with E-state index in [9.17, 15) is 0 Å². The summed E-state index contributed by atoms with van der Waals surface area (Å²) in [4.78, 5) is 4.66. The predicted octanol–water partition coefficient (Wildman–Crippen LogP) is 2.89. The smallest absolute Gasteiger partial charge is 0.191 e. The summed E-state index contributed by atoms with van der Waals surface area (Å²) in [7, 11) is 1.70. The number of aliphatic imine (C=N–C) groups is 1. The minimum absolute atomic E-state index is 0.617. The lowest BCUT2D eigenvalue weighted by atomic mass is 10.0. The Hall–Kier alpha value is -1.79. The molecule has 6 heteroatoms. The van der Waals surface area contributed by atoms with Crippen LogP contribution < -0.4 is 15.4 Å². The van der Waals surface area contributed by atoms with Gasteiger partial charge in [0.2, 0.25) is 0 Å². The van der Waals surface area contributed by atoms with Gasteiger partial charge in [-0.3, -0.25) is 0 Å². The van der Waals surface area contributed by atoms with Crippen LogP contribution >= 0.6 is 0 Å². The van der Waals surface area contributed by atoms with Crippen LogP contribution in [0.15, 0.2) is 23.2 Å². The summed E-state index contributed by atoms with van der Waals surface area (Å²) in [5.41, 5.74) is 2.27. The van der Waals surface area contributed by atoms with Gasteiger partial charge in [0.15, 0.2) is 5.96 Å². The number of aryl methyl sites for hydroxylation is 1. The molecule has 1 fully saturated rings. The van der Waals surface area contributed by atoms with Gasteiger partial charge in [0.25, 0.3) is 0 Å². The first-order valence-corrected chi connectivity index (χ1v) is 10.0. The monoisotopic (exact) mass is 377 g/mol. The van der Waals surface area contributed by atoms with Crippen LogP contribution in [-0.2, 0) is 16.0 Å². The van der Waals surface area contributed by atoms with Crippen LogP contribution in [0.5, 0.6) is 5.75 Å². The van der Waals surface area contributed by atoms with Crippen LogP contribution in [0.2, 0.25) is 0 Å². The van der Waals surface area contributed by atoms with Gasteiger partial charge in [0, 0.05) is 39.5 Å². The molecule has 0 saturated carbocycles. The van der Waals surface area contributed by atoms with Crippen molar-refractivity contribution in [3.63, 3.8) is 0 Å². The van der Waals surface area contributed by atoms with E-state index in [2.05, 4.69) is 34.7 Å². The van der Waals surface area contributed by atoms with Crippen LogP contribution in [0.4, 0.5) is 0 Å². The van der Waals surface area contributed by atoms with Gasteiger partial charge < -0.3 is 24.8 Å². The predicted molar refractivity (Wildman–Crippen MR) is 110 cm³/mol. The van der Waals surface area contributed by atoms with E-state index in [1.807, 2.05) is 13.0 Å². The van der Waals surface area contributed by atoms with E-state index in [0.717, 1.165) is 81.6 Å². The highest BCUT2D eigenvalue weighted by Gasteiger charge is 2.13. The maximum Gasteiger partial charge on any atom is 0.191 e. The summed E-state index contributed by atoms with van der Waals surface area (Å²) in [5.74, 6) is 2.40. The van der Waals surface area contributed by atoms with Gasteiger partial charge in [-0.05, 0) is 56.2 Å². The maximum absolute atomic E-state index is 5.81. The second-order valence-electron chi connectivity index (χ2n) is 6.91. The average molecular weight is 378 g/mol. The summed E-state index contributed by atoms with van der Waals surface area (Å²) < 4.78 is 16.6. The molecule has 0 unspecified atom stereocenters. The first-order chi connectivity index (χ1) is 13.2. The number of hydrogen-bond acceptors (Lipinski definition) is 4. The SMILES string of the molecule is CCNC(=NCc1ccc(C)c(OC)c1)NCCCOCC1CCOCC1. The number of benzene rings is 1. The Bertz CT molecular complexity index is 572. The third kappa shape index (κ3) is 8.18. The zero-order valence-corrected chi connectivity index (χ0v) is 17.1. The largest absolute Gasteiger partial charge is 0.496 e. The minimum atomic E-state index is 0.617. The molecule has 1 heterocycles. The number of rotatable bonds is 10. The van der Waals surface area contributed by atoms with Gasteiger partial charge in [-0.15, -0.1) is 0 Å². The van der Waals surface area contributed by atoms with Crippen molar-refractivity contribution >= 4 is 5.96 Å². The van der Waals surface area contributed by atoms with Crippen LogP contribution in [0.1, 0.15) is 37.3 Å². The maximum atomic E-state index is 5.81. The molecule has 0 bridgehead atoms. The molecule has 1 aliphatic heterocycles. The van der Waals surface area contributed by atoms with E-state index in [-0.39, 0.29) is 0 Å². The topological polar surface area (TPSA) is 64.1 Å². The highest BCUT2D eigenvalue weighted by molar-refractivity contribution is 5.79. The minimum Gasteiger partial charge on any atom is -0.496 e. The Morgan fingerprint density at radius 2 is 2.07 bits per heavy atom. The fourth-order valence-electron chi connectivity index (χ4n) is 3.02. The van der Waals surface area contributed by atoms with E-state index in [1.165, 1.54) is 0 Å². The molecule has 152 valence electrons. The molecule has 1 saturated heterocycles. The molecule has 27 heavy (non-hydrogen) atoms. The number of guanidine groups is 1. The Balaban J connectivity index is 1.68. The quantitative estimate of drug-likeness (QED) is 0.373. The van der Waals surface area contributed by atoms with Gasteiger partial charge in [-0.25, -0.2) is 4.99 Å². The first kappa shape index (κ1) is 21.5. The molecule has 6 nitrogen and oxygen atoms in total. The molecule has 0 atom stereocenters. The Kier molecular flexibility index (Phi) is 10.0. The van der Waals surface area contributed by atoms with E-state index in [0.29, 0.717) is 12.5 Å². The molecule has 1 aromatic rings.